The Hall–Kier alpha value is -1.36. The number of rotatable bonds is 18. The molecular formula is C21H40N2O3. The van der Waals surface area contributed by atoms with Crippen molar-refractivity contribution in [2.45, 2.75) is 103 Å². The highest BCUT2D eigenvalue weighted by molar-refractivity contribution is 5.75. The van der Waals surface area contributed by atoms with Crippen LogP contribution in [0.2, 0.25) is 0 Å². The smallest absolute Gasteiger partial charge is 0.320 e. The molecule has 0 aliphatic rings. The van der Waals surface area contributed by atoms with Crippen molar-refractivity contribution in [3.63, 3.8) is 0 Å². The van der Waals surface area contributed by atoms with E-state index in [2.05, 4.69) is 24.4 Å². The zero-order valence-corrected chi connectivity index (χ0v) is 16.7. The molecule has 0 fully saturated rings. The van der Waals surface area contributed by atoms with E-state index in [1.807, 2.05) is 0 Å². The van der Waals surface area contributed by atoms with E-state index in [-0.39, 0.29) is 5.91 Å². The van der Waals surface area contributed by atoms with Crippen molar-refractivity contribution in [1.82, 2.24) is 5.32 Å². The summed E-state index contributed by atoms with van der Waals surface area (Å²) in [6.07, 6.45) is 19.3. The number of nitrogens with one attached hydrogen (secondary N) is 1. The van der Waals surface area contributed by atoms with E-state index in [9.17, 15) is 9.59 Å². The predicted octanol–water partition coefficient (Wildman–Crippen LogP) is 4.55. The van der Waals surface area contributed by atoms with Crippen LogP contribution < -0.4 is 11.1 Å². The number of allylic oxidation sites excluding steroid dienone is 2. The number of carbonyl (C=O) groups is 2. The summed E-state index contributed by atoms with van der Waals surface area (Å²) < 4.78 is 0. The number of carbonyl (C=O) groups excluding carboxylic acids is 1. The van der Waals surface area contributed by atoms with Crippen LogP contribution in [0.4, 0.5) is 0 Å². The number of nitrogens with two attached hydrogens (primary N) is 1. The fourth-order valence-electron chi connectivity index (χ4n) is 2.75. The molecule has 0 aromatic carbocycles. The highest BCUT2D eigenvalue weighted by atomic mass is 16.4. The first kappa shape index (κ1) is 24.6. The van der Waals surface area contributed by atoms with Gasteiger partial charge in [0.2, 0.25) is 5.91 Å². The van der Waals surface area contributed by atoms with Crippen molar-refractivity contribution in [1.29, 1.82) is 0 Å². The Labute approximate surface area is 159 Å². The zero-order chi connectivity index (χ0) is 19.5. The summed E-state index contributed by atoms with van der Waals surface area (Å²) >= 11 is 0. The van der Waals surface area contributed by atoms with E-state index in [1.165, 1.54) is 38.5 Å². The minimum absolute atomic E-state index is 0.0927. The van der Waals surface area contributed by atoms with Gasteiger partial charge in [-0.25, -0.2) is 0 Å². The van der Waals surface area contributed by atoms with Gasteiger partial charge in [-0.3, -0.25) is 9.59 Å². The molecule has 0 aromatic rings. The number of hydrogen-bond donors (Lipinski definition) is 3. The van der Waals surface area contributed by atoms with E-state index >= 15 is 0 Å². The summed E-state index contributed by atoms with van der Waals surface area (Å²) in [6.45, 7) is 2.84. The van der Waals surface area contributed by atoms with Gasteiger partial charge < -0.3 is 16.2 Å². The number of amides is 1. The Balaban J connectivity index is 3.32. The Morgan fingerprint density at radius 3 is 2.15 bits per heavy atom. The van der Waals surface area contributed by atoms with Crippen LogP contribution in [0, 0.1) is 0 Å². The highest BCUT2D eigenvalue weighted by Crippen LogP contribution is 2.07. The van der Waals surface area contributed by atoms with Gasteiger partial charge in [-0.15, -0.1) is 0 Å². The third kappa shape index (κ3) is 17.5. The van der Waals surface area contributed by atoms with E-state index in [4.69, 9.17) is 10.8 Å². The maximum atomic E-state index is 11.7. The predicted molar refractivity (Wildman–Crippen MR) is 108 cm³/mol. The molecule has 0 spiro atoms. The van der Waals surface area contributed by atoms with Crippen LogP contribution in [0.15, 0.2) is 12.2 Å². The van der Waals surface area contributed by atoms with Crippen LogP contribution >= 0.6 is 0 Å². The lowest BCUT2D eigenvalue weighted by Crippen LogP contribution is -2.30. The van der Waals surface area contributed by atoms with Gasteiger partial charge in [-0.2, -0.15) is 0 Å². The molecule has 5 heteroatoms. The summed E-state index contributed by atoms with van der Waals surface area (Å²) in [5.41, 5.74) is 5.42. The molecule has 0 saturated heterocycles. The van der Waals surface area contributed by atoms with Gasteiger partial charge >= 0.3 is 5.97 Å². The SMILES string of the molecule is CCCCCCC/C=C/CCCCCC(=O)NCCCC[C@H](N)C(=O)O. The molecule has 152 valence electrons. The highest BCUT2D eigenvalue weighted by Gasteiger charge is 2.10. The fraction of sp³-hybridized carbons (Fsp3) is 0.810. The summed E-state index contributed by atoms with van der Waals surface area (Å²) in [5.74, 6) is -0.869. The van der Waals surface area contributed by atoms with Gasteiger partial charge in [-0.05, 0) is 51.4 Å². The molecule has 1 atom stereocenters. The standard InChI is InChI=1S/C21H40N2O3/c1-2-3-4-5-6-7-8-9-10-11-12-13-17-20(24)23-18-15-14-16-19(22)21(25)26/h8-9,19H,2-7,10-18,22H2,1H3,(H,23,24)(H,25,26)/b9-8+/t19-/m0/s1. The third-order valence-corrected chi connectivity index (χ3v) is 4.50. The number of unbranched alkanes of at least 4 members (excludes halogenated alkanes) is 9. The summed E-state index contributed by atoms with van der Waals surface area (Å²) in [5, 5.41) is 11.6. The second kappa shape index (κ2) is 18.4. The first-order valence-corrected chi connectivity index (χ1v) is 10.5. The van der Waals surface area contributed by atoms with Crippen molar-refractivity contribution in [3.05, 3.63) is 12.2 Å². The first-order valence-electron chi connectivity index (χ1n) is 10.5. The lowest BCUT2D eigenvalue weighted by molar-refractivity contribution is -0.138. The number of aliphatic carboxylic acids is 1. The molecular weight excluding hydrogens is 328 g/mol. The van der Waals surface area contributed by atoms with Gasteiger partial charge in [-0.1, -0.05) is 51.2 Å². The number of carboxylic acids is 1. The maximum absolute atomic E-state index is 11.7. The monoisotopic (exact) mass is 368 g/mol. The van der Waals surface area contributed by atoms with E-state index < -0.39 is 12.0 Å². The van der Waals surface area contributed by atoms with Gasteiger partial charge in [0, 0.05) is 13.0 Å². The van der Waals surface area contributed by atoms with Gasteiger partial charge in [0.05, 0.1) is 0 Å². The van der Waals surface area contributed by atoms with Crippen LogP contribution in [0.25, 0.3) is 0 Å². The Kier molecular flexibility index (Phi) is 17.5. The van der Waals surface area contributed by atoms with Crippen LogP contribution in [0.3, 0.4) is 0 Å². The molecule has 0 unspecified atom stereocenters. The molecule has 5 nitrogen and oxygen atoms in total. The average Bonchev–Trinajstić information content (AvgIpc) is 2.62. The second-order valence-corrected chi connectivity index (χ2v) is 7.06. The maximum Gasteiger partial charge on any atom is 0.320 e. The summed E-state index contributed by atoms with van der Waals surface area (Å²) in [7, 11) is 0. The van der Waals surface area contributed by atoms with E-state index in [0.717, 1.165) is 38.5 Å². The molecule has 0 radical (unpaired) electrons. The average molecular weight is 369 g/mol. The van der Waals surface area contributed by atoms with Gasteiger partial charge in [0.1, 0.15) is 6.04 Å². The van der Waals surface area contributed by atoms with Crippen molar-refractivity contribution in [3.8, 4) is 0 Å². The molecule has 0 saturated carbocycles. The van der Waals surface area contributed by atoms with Crippen molar-refractivity contribution < 1.29 is 14.7 Å². The third-order valence-electron chi connectivity index (χ3n) is 4.50. The van der Waals surface area contributed by atoms with Crippen LogP contribution in [0.5, 0.6) is 0 Å². The molecule has 0 aromatic heterocycles. The Morgan fingerprint density at radius 1 is 0.923 bits per heavy atom. The molecule has 0 rings (SSSR count). The first-order chi connectivity index (χ1) is 12.6. The van der Waals surface area contributed by atoms with Gasteiger partial charge in [0.15, 0.2) is 0 Å². The molecule has 4 N–H and O–H groups in total. The zero-order valence-electron chi connectivity index (χ0n) is 16.7. The van der Waals surface area contributed by atoms with Gasteiger partial charge in [0.25, 0.3) is 0 Å². The molecule has 0 heterocycles. The van der Waals surface area contributed by atoms with Crippen LogP contribution in [-0.4, -0.2) is 29.6 Å². The summed E-state index contributed by atoms with van der Waals surface area (Å²) in [6, 6.07) is -0.791. The van der Waals surface area contributed by atoms with Crippen LogP contribution in [0.1, 0.15) is 96.8 Å². The number of hydrogen-bond acceptors (Lipinski definition) is 3. The Morgan fingerprint density at radius 2 is 1.54 bits per heavy atom. The second-order valence-electron chi connectivity index (χ2n) is 7.06. The molecule has 0 aliphatic heterocycles. The lowest BCUT2D eigenvalue weighted by Gasteiger charge is -2.07. The van der Waals surface area contributed by atoms with E-state index in [1.54, 1.807) is 0 Å². The van der Waals surface area contributed by atoms with Crippen molar-refractivity contribution in [2.24, 2.45) is 5.73 Å². The number of carboxylic acid groups (broad SMARTS) is 1. The molecule has 0 bridgehead atoms. The van der Waals surface area contributed by atoms with Crippen molar-refractivity contribution >= 4 is 11.9 Å². The minimum atomic E-state index is -0.962. The minimum Gasteiger partial charge on any atom is -0.480 e. The lowest BCUT2D eigenvalue weighted by atomic mass is 10.1. The van der Waals surface area contributed by atoms with E-state index in [0.29, 0.717) is 19.4 Å². The molecule has 26 heavy (non-hydrogen) atoms. The molecule has 0 aliphatic carbocycles. The topological polar surface area (TPSA) is 92.4 Å². The van der Waals surface area contributed by atoms with Crippen molar-refractivity contribution in [2.75, 3.05) is 6.54 Å². The van der Waals surface area contributed by atoms with Crippen LogP contribution in [-0.2, 0) is 9.59 Å². The molecule has 1 amide bonds. The summed E-state index contributed by atoms with van der Waals surface area (Å²) in [4.78, 5) is 22.3. The largest absolute Gasteiger partial charge is 0.480 e. The normalized spacial score (nSPS) is 12.4. The quantitative estimate of drug-likeness (QED) is 0.244. The fourth-order valence-corrected chi connectivity index (χ4v) is 2.75. The Bertz CT molecular complexity index is 383.